The lowest BCUT2D eigenvalue weighted by molar-refractivity contribution is -0.119. The van der Waals surface area contributed by atoms with Crippen molar-refractivity contribution in [1.82, 2.24) is 5.32 Å². The van der Waals surface area contributed by atoms with E-state index in [1.807, 2.05) is 0 Å². The molecule has 0 spiro atoms. The molecule has 4 N–H and O–H groups in total. The fourth-order valence-corrected chi connectivity index (χ4v) is 1.58. The minimum absolute atomic E-state index is 0.0263. The molecule has 5 nitrogen and oxygen atoms in total. The van der Waals surface area contributed by atoms with Crippen LogP contribution in [0.1, 0.15) is 6.92 Å². The van der Waals surface area contributed by atoms with Crippen LogP contribution in [0.2, 0.25) is 10.0 Å². The fourth-order valence-electron chi connectivity index (χ4n) is 1.25. The lowest BCUT2D eigenvalue weighted by Crippen LogP contribution is -2.43. The molecule has 0 heterocycles. The molecule has 7 heteroatoms. The van der Waals surface area contributed by atoms with Gasteiger partial charge in [-0.2, -0.15) is 0 Å². The van der Waals surface area contributed by atoms with Gasteiger partial charge in [0.15, 0.2) is 0 Å². The molecule has 1 amide bonds. The standard InChI is InChI=1S/C12H16Cl2N2O3/c1-7(12(15)18)16-5-9(17)6-19-11-4-8(13)2-3-10(11)14/h2-4,7,9,16-17H,5-6H2,1H3,(H2,15,18). The van der Waals surface area contributed by atoms with Gasteiger partial charge in [0.1, 0.15) is 18.5 Å². The summed E-state index contributed by atoms with van der Waals surface area (Å²) < 4.78 is 5.35. The maximum atomic E-state index is 10.8. The summed E-state index contributed by atoms with van der Waals surface area (Å²) in [7, 11) is 0. The van der Waals surface area contributed by atoms with Crippen LogP contribution >= 0.6 is 23.2 Å². The highest BCUT2D eigenvalue weighted by atomic mass is 35.5. The van der Waals surface area contributed by atoms with Gasteiger partial charge in [-0.15, -0.1) is 0 Å². The van der Waals surface area contributed by atoms with Gasteiger partial charge in [-0.1, -0.05) is 23.2 Å². The van der Waals surface area contributed by atoms with Crippen LogP contribution in [0.3, 0.4) is 0 Å². The van der Waals surface area contributed by atoms with E-state index in [4.69, 9.17) is 33.7 Å². The predicted octanol–water partition coefficient (Wildman–Crippen LogP) is 1.20. The molecule has 19 heavy (non-hydrogen) atoms. The first-order chi connectivity index (χ1) is 8.90. The van der Waals surface area contributed by atoms with Crippen molar-refractivity contribution in [2.75, 3.05) is 13.2 Å². The Balaban J connectivity index is 2.39. The fraction of sp³-hybridized carbons (Fsp3) is 0.417. The smallest absolute Gasteiger partial charge is 0.234 e. The Morgan fingerprint density at radius 2 is 2.21 bits per heavy atom. The summed E-state index contributed by atoms with van der Waals surface area (Å²) in [5.74, 6) is -0.0813. The van der Waals surface area contributed by atoms with Gasteiger partial charge >= 0.3 is 0 Å². The Labute approximate surface area is 121 Å². The summed E-state index contributed by atoms with van der Waals surface area (Å²) in [6, 6.07) is 4.31. The second-order valence-electron chi connectivity index (χ2n) is 4.07. The summed E-state index contributed by atoms with van der Waals surface area (Å²) in [4.78, 5) is 10.8. The third-order valence-corrected chi connectivity index (χ3v) is 2.96. The summed E-state index contributed by atoms with van der Waals surface area (Å²) in [5, 5.41) is 13.4. The third kappa shape index (κ3) is 5.65. The Morgan fingerprint density at radius 1 is 1.53 bits per heavy atom. The lowest BCUT2D eigenvalue weighted by Gasteiger charge is -2.16. The molecule has 0 saturated heterocycles. The molecule has 0 aromatic heterocycles. The zero-order chi connectivity index (χ0) is 14.4. The van der Waals surface area contributed by atoms with Crippen LogP contribution in [0.25, 0.3) is 0 Å². The number of nitrogens with one attached hydrogen (secondary N) is 1. The molecule has 0 saturated carbocycles. The van der Waals surface area contributed by atoms with Crippen LogP contribution in [0.4, 0.5) is 0 Å². The number of halogens is 2. The molecule has 2 atom stereocenters. The minimum Gasteiger partial charge on any atom is -0.489 e. The minimum atomic E-state index is -0.795. The number of amides is 1. The monoisotopic (exact) mass is 306 g/mol. The zero-order valence-electron chi connectivity index (χ0n) is 10.4. The van der Waals surface area contributed by atoms with Gasteiger partial charge in [-0.05, 0) is 19.1 Å². The van der Waals surface area contributed by atoms with E-state index in [1.165, 1.54) is 0 Å². The quantitative estimate of drug-likeness (QED) is 0.706. The number of hydrogen-bond donors (Lipinski definition) is 3. The SMILES string of the molecule is CC(NCC(O)COc1cc(Cl)ccc1Cl)C(N)=O. The highest BCUT2D eigenvalue weighted by Crippen LogP contribution is 2.27. The molecule has 1 rings (SSSR count). The summed E-state index contributed by atoms with van der Waals surface area (Å²) >= 11 is 11.7. The van der Waals surface area contributed by atoms with Crippen molar-refractivity contribution >= 4 is 29.1 Å². The van der Waals surface area contributed by atoms with Crippen LogP contribution in [0, 0.1) is 0 Å². The van der Waals surface area contributed by atoms with Crippen LogP contribution in [-0.4, -0.2) is 36.3 Å². The maximum absolute atomic E-state index is 10.8. The number of nitrogens with two attached hydrogens (primary N) is 1. The van der Waals surface area contributed by atoms with Crippen LogP contribution < -0.4 is 15.8 Å². The molecule has 0 aliphatic rings. The van der Waals surface area contributed by atoms with Crippen molar-refractivity contribution < 1.29 is 14.6 Å². The molecule has 0 aliphatic heterocycles. The van der Waals surface area contributed by atoms with E-state index in [0.29, 0.717) is 15.8 Å². The Kier molecular flexibility index (Phi) is 6.37. The molecule has 1 aromatic carbocycles. The van der Waals surface area contributed by atoms with Crippen LogP contribution in [-0.2, 0) is 4.79 Å². The Hall–Kier alpha value is -1.01. The number of rotatable bonds is 7. The summed E-state index contributed by atoms with van der Waals surface area (Å²) in [6.45, 7) is 1.82. The second kappa shape index (κ2) is 7.55. The van der Waals surface area contributed by atoms with E-state index in [9.17, 15) is 9.90 Å². The van der Waals surface area contributed by atoms with Crippen molar-refractivity contribution in [3.8, 4) is 5.75 Å². The first-order valence-corrected chi connectivity index (χ1v) is 6.44. The number of hydrogen-bond acceptors (Lipinski definition) is 4. The van der Waals surface area contributed by atoms with Crippen molar-refractivity contribution in [2.45, 2.75) is 19.1 Å². The highest BCUT2D eigenvalue weighted by Gasteiger charge is 2.12. The second-order valence-corrected chi connectivity index (χ2v) is 4.92. The summed E-state index contributed by atoms with van der Waals surface area (Å²) in [5.41, 5.74) is 5.08. The van der Waals surface area contributed by atoms with Gasteiger partial charge in [-0.3, -0.25) is 4.79 Å². The van der Waals surface area contributed by atoms with Crippen molar-refractivity contribution in [3.63, 3.8) is 0 Å². The highest BCUT2D eigenvalue weighted by molar-refractivity contribution is 6.34. The van der Waals surface area contributed by atoms with Gasteiger partial charge in [0.2, 0.25) is 5.91 Å². The van der Waals surface area contributed by atoms with E-state index in [-0.39, 0.29) is 13.2 Å². The van der Waals surface area contributed by atoms with Crippen LogP contribution in [0.5, 0.6) is 5.75 Å². The van der Waals surface area contributed by atoms with Gasteiger partial charge in [0.25, 0.3) is 0 Å². The molecule has 0 aliphatic carbocycles. The average Bonchev–Trinajstić information content (AvgIpc) is 2.36. The normalized spacial score (nSPS) is 13.9. The first kappa shape index (κ1) is 16.0. The zero-order valence-corrected chi connectivity index (χ0v) is 11.9. The molecule has 0 radical (unpaired) electrons. The Morgan fingerprint density at radius 3 is 2.84 bits per heavy atom. The van der Waals surface area contributed by atoms with Crippen molar-refractivity contribution in [1.29, 1.82) is 0 Å². The molecular formula is C12H16Cl2N2O3. The number of aliphatic hydroxyl groups is 1. The molecule has 106 valence electrons. The molecule has 2 unspecified atom stereocenters. The van der Waals surface area contributed by atoms with Crippen molar-refractivity contribution in [2.24, 2.45) is 5.73 Å². The summed E-state index contributed by atoms with van der Waals surface area (Å²) in [6.07, 6.45) is -0.795. The topological polar surface area (TPSA) is 84.6 Å². The number of aliphatic hydroxyl groups excluding tert-OH is 1. The third-order valence-electron chi connectivity index (χ3n) is 2.41. The first-order valence-electron chi connectivity index (χ1n) is 5.68. The van der Waals surface area contributed by atoms with Gasteiger partial charge in [0, 0.05) is 17.6 Å². The predicted molar refractivity (Wildman–Crippen MR) is 74.6 cm³/mol. The largest absolute Gasteiger partial charge is 0.489 e. The van der Waals surface area contributed by atoms with E-state index in [0.717, 1.165) is 0 Å². The lowest BCUT2D eigenvalue weighted by atomic mass is 10.3. The Bertz CT molecular complexity index is 443. The van der Waals surface area contributed by atoms with E-state index in [1.54, 1.807) is 25.1 Å². The molecule has 0 bridgehead atoms. The number of carbonyl (C=O) groups excluding carboxylic acids is 1. The van der Waals surface area contributed by atoms with E-state index >= 15 is 0 Å². The number of carbonyl (C=O) groups is 1. The molecule has 0 fully saturated rings. The molecule has 1 aromatic rings. The van der Waals surface area contributed by atoms with E-state index < -0.39 is 18.1 Å². The average molecular weight is 307 g/mol. The maximum Gasteiger partial charge on any atom is 0.234 e. The van der Waals surface area contributed by atoms with Gasteiger partial charge in [-0.25, -0.2) is 0 Å². The van der Waals surface area contributed by atoms with E-state index in [2.05, 4.69) is 5.32 Å². The number of benzene rings is 1. The van der Waals surface area contributed by atoms with Crippen molar-refractivity contribution in [3.05, 3.63) is 28.2 Å². The van der Waals surface area contributed by atoms with Gasteiger partial charge in [0.05, 0.1) is 11.1 Å². The number of primary amides is 1. The molecular weight excluding hydrogens is 291 g/mol. The van der Waals surface area contributed by atoms with Gasteiger partial charge < -0.3 is 20.9 Å². The number of ether oxygens (including phenoxy) is 1. The van der Waals surface area contributed by atoms with Crippen LogP contribution in [0.15, 0.2) is 18.2 Å².